The van der Waals surface area contributed by atoms with Crippen molar-refractivity contribution in [3.8, 4) is 5.75 Å². The first kappa shape index (κ1) is 15.8. The quantitative estimate of drug-likeness (QED) is 0.734. The lowest BCUT2D eigenvalue weighted by Crippen LogP contribution is -2.45. The van der Waals surface area contributed by atoms with Crippen LogP contribution in [0.25, 0.3) is 0 Å². The van der Waals surface area contributed by atoms with Gasteiger partial charge in [-0.2, -0.15) is 0 Å². The number of rotatable bonds is 7. The highest BCUT2D eigenvalue weighted by Crippen LogP contribution is 2.40. The van der Waals surface area contributed by atoms with Crippen LogP contribution in [-0.2, 0) is 0 Å². The molecule has 1 aromatic carbocycles. The van der Waals surface area contributed by atoms with Crippen LogP contribution in [0.4, 0.5) is 4.39 Å². The summed E-state index contributed by atoms with van der Waals surface area (Å²) in [5, 5.41) is 3.44. The van der Waals surface area contributed by atoms with Crippen molar-refractivity contribution < 1.29 is 9.13 Å². The van der Waals surface area contributed by atoms with E-state index in [9.17, 15) is 4.39 Å². The largest absolute Gasteiger partial charge is 0.484 e. The maximum absolute atomic E-state index is 13.8. The molecule has 0 atom stereocenters. The van der Waals surface area contributed by atoms with Crippen molar-refractivity contribution in [3.05, 3.63) is 28.5 Å². The highest BCUT2D eigenvalue weighted by Gasteiger charge is 2.39. The Morgan fingerprint density at radius 2 is 2.15 bits per heavy atom. The fourth-order valence-corrected chi connectivity index (χ4v) is 2.81. The predicted octanol–water partition coefficient (Wildman–Crippen LogP) is 4.53. The average Bonchev–Trinajstić information content (AvgIpc) is 2.35. The van der Waals surface area contributed by atoms with Crippen LogP contribution in [0.5, 0.6) is 5.75 Å². The molecule has 1 N–H and O–H groups in total. The second-order valence-corrected chi connectivity index (χ2v) is 6.98. The molecule has 0 bridgehead atoms. The Kier molecular flexibility index (Phi) is 5.44. The molecular formula is C16H23BrFNO. The molecular weight excluding hydrogens is 321 g/mol. The SMILES string of the molecule is CC(C)CNCCC1(Oc2cc(Br)ccc2F)CCC1. The minimum atomic E-state index is -0.283. The Balaban J connectivity index is 1.92. The Morgan fingerprint density at radius 3 is 2.75 bits per heavy atom. The molecule has 0 unspecified atom stereocenters. The molecule has 4 heteroatoms. The molecule has 0 saturated heterocycles. The number of nitrogens with one attached hydrogen (secondary N) is 1. The van der Waals surface area contributed by atoms with Gasteiger partial charge >= 0.3 is 0 Å². The van der Waals surface area contributed by atoms with Gasteiger partial charge in [0.1, 0.15) is 5.60 Å². The second kappa shape index (κ2) is 6.90. The van der Waals surface area contributed by atoms with E-state index in [1.165, 1.54) is 12.5 Å². The van der Waals surface area contributed by atoms with Crippen LogP contribution in [0.3, 0.4) is 0 Å². The highest BCUT2D eigenvalue weighted by molar-refractivity contribution is 9.10. The summed E-state index contributed by atoms with van der Waals surface area (Å²) in [4.78, 5) is 0. The molecule has 0 amide bonds. The molecule has 1 aliphatic carbocycles. The Hall–Kier alpha value is -0.610. The van der Waals surface area contributed by atoms with Gasteiger partial charge in [0.15, 0.2) is 11.6 Å². The summed E-state index contributed by atoms with van der Waals surface area (Å²) in [6.07, 6.45) is 4.14. The van der Waals surface area contributed by atoms with Crippen LogP contribution in [0.15, 0.2) is 22.7 Å². The summed E-state index contributed by atoms with van der Waals surface area (Å²) in [6, 6.07) is 4.86. The zero-order chi connectivity index (χ0) is 14.6. The standard InChI is InChI=1S/C16H23BrFNO/c1-12(2)11-19-9-8-16(6-3-7-16)20-15-10-13(17)4-5-14(15)18/h4-5,10,12,19H,3,6-9,11H2,1-2H3. The summed E-state index contributed by atoms with van der Waals surface area (Å²) in [7, 11) is 0. The topological polar surface area (TPSA) is 21.3 Å². The van der Waals surface area contributed by atoms with Gasteiger partial charge in [-0.1, -0.05) is 29.8 Å². The molecule has 20 heavy (non-hydrogen) atoms. The smallest absolute Gasteiger partial charge is 0.165 e. The normalized spacial score (nSPS) is 17.1. The molecule has 0 radical (unpaired) electrons. The summed E-state index contributed by atoms with van der Waals surface area (Å²) < 4.78 is 20.7. The van der Waals surface area contributed by atoms with E-state index in [2.05, 4.69) is 35.1 Å². The van der Waals surface area contributed by atoms with Crippen molar-refractivity contribution in [2.45, 2.75) is 45.1 Å². The van der Waals surface area contributed by atoms with Crippen molar-refractivity contribution in [2.75, 3.05) is 13.1 Å². The molecule has 112 valence electrons. The van der Waals surface area contributed by atoms with Crippen LogP contribution >= 0.6 is 15.9 Å². The predicted molar refractivity (Wildman–Crippen MR) is 83.6 cm³/mol. The number of halogens is 2. The second-order valence-electron chi connectivity index (χ2n) is 6.06. The van der Waals surface area contributed by atoms with Gasteiger partial charge in [-0.15, -0.1) is 0 Å². The first-order valence-electron chi connectivity index (χ1n) is 7.35. The van der Waals surface area contributed by atoms with Crippen molar-refractivity contribution >= 4 is 15.9 Å². The van der Waals surface area contributed by atoms with Gasteiger partial charge in [-0.25, -0.2) is 4.39 Å². The number of ether oxygens (including phenoxy) is 1. The molecule has 0 spiro atoms. The molecule has 0 aromatic heterocycles. The van der Waals surface area contributed by atoms with Gasteiger partial charge in [0.25, 0.3) is 0 Å². The van der Waals surface area contributed by atoms with E-state index in [-0.39, 0.29) is 11.4 Å². The summed E-state index contributed by atoms with van der Waals surface area (Å²) in [5.41, 5.74) is -0.175. The lowest BCUT2D eigenvalue weighted by Gasteiger charge is -2.42. The van der Waals surface area contributed by atoms with E-state index in [0.29, 0.717) is 11.7 Å². The first-order chi connectivity index (χ1) is 9.51. The van der Waals surface area contributed by atoms with Crippen LogP contribution in [0.1, 0.15) is 39.5 Å². The van der Waals surface area contributed by atoms with Crippen molar-refractivity contribution in [3.63, 3.8) is 0 Å². The summed E-state index contributed by atoms with van der Waals surface area (Å²) in [6.45, 7) is 6.33. The van der Waals surface area contributed by atoms with Gasteiger partial charge < -0.3 is 10.1 Å². The molecule has 0 aliphatic heterocycles. The van der Waals surface area contributed by atoms with Gasteiger partial charge in [0.2, 0.25) is 0 Å². The molecule has 0 heterocycles. The number of hydrogen-bond donors (Lipinski definition) is 1. The Labute approximate surface area is 129 Å². The summed E-state index contributed by atoms with van der Waals surface area (Å²) >= 11 is 3.36. The molecule has 1 aliphatic rings. The zero-order valence-electron chi connectivity index (χ0n) is 12.2. The molecule has 2 rings (SSSR count). The van der Waals surface area contributed by atoms with E-state index < -0.39 is 0 Å². The Bertz CT molecular complexity index is 446. The van der Waals surface area contributed by atoms with Crippen LogP contribution in [0.2, 0.25) is 0 Å². The monoisotopic (exact) mass is 343 g/mol. The van der Waals surface area contributed by atoms with E-state index in [1.54, 1.807) is 12.1 Å². The van der Waals surface area contributed by atoms with E-state index in [1.807, 2.05) is 0 Å². The third-order valence-corrected chi connectivity index (χ3v) is 4.29. The maximum Gasteiger partial charge on any atom is 0.165 e. The minimum Gasteiger partial charge on any atom is -0.484 e. The van der Waals surface area contributed by atoms with E-state index >= 15 is 0 Å². The van der Waals surface area contributed by atoms with E-state index in [4.69, 9.17) is 4.74 Å². The van der Waals surface area contributed by atoms with Gasteiger partial charge in [-0.3, -0.25) is 0 Å². The van der Waals surface area contributed by atoms with E-state index in [0.717, 1.165) is 36.8 Å². The zero-order valence-corrected chi connectivity index (χ0v) is 13.8. The minimum absolute atomic E-state index is 0.175. The molecule has 1 aromatic rings. The third kappa shape index (κ3) is 4.19. The number of benzene rings is 1. The van der Waals surface area contributed by atoms with Gasteiger partial charge in [0.05, 0.1) is 0 Å². The lowest BCUT2D eigenvalue weighted by atomic mass is 9.77. The van der Waals surface area contributed by atoms with Gasteiger partial charge in [-0.05, 0) is 62.9 Å². The first-order valence-corrected chi connectivity index (χ1v) is 8.15. The fourth-order valence-electron chi connectivity index (χ4n) is 2.47. The summed E-state index contributed by atoms with van der Waals surface area (Å²) in [5.74, 6) is 0.730. The van der Waals surface area contributed by atoms with Crippen molar-refractivity contribution in [1.82, 2.24) is 5.32 Å². The molecule has 1 saturated carbocycles. The highest BCUT2D eigenvalue weighted by atomic mass is 79.9. The van der Waals surface area contributed by atoms with Crippen LogP contribution in [-0.4, -0.2) is 18.7 Å². The van der Waals surface area contributed by atoms with Crippen molar-refractivity contribution in [2.24, 2.45) is 5.92 Å². The van der Waals surface area contributed by atoms with Crippen LogP contribution in [0, 0.1) is 11.7 Å². The average molecular weight is 344 g/mol. The fraction of sp³-hybridized carbons (Fsp3) is 0.625. The lowest BCUT2D eigenvalue weighted by molar-refractivity contribution is -0.0172. The number of hydrogen-bond acceptors (Lipinski definition) is 2. The molecule has 2 nitrogen and oxygen atoms in total. The van der Waals surface area contributed by atoms with Crippen LogP contribution < -0.4 is 10.1 Å². The maximum atomic E-state index is 13.8. The van der Waals surface area contributed by atoms with Gasteiger partial charge in [0, 0.05) is 4.47 Å². The Morgan fingerprint density at radius 1 is 1.40 bits per heavy atom. The molecule has 1 fully saturated rings. The third-order valence-electron chi connectivity index (χ3n) is 3.79. The van der Waals surface area contributed by atoms with Crippen molar-refractivity contribution in [1.29, 1.82) is 0 Å².